The number of hydrogen-bond donors (Lipinski definition) is 1. The summed E-state index contributed by atoms with van der Waals surface area (Å²) in [7, 11) is 2.98. The van der Waals surface area contributed by atoms with E-state index in [9.17, 15) is 14.3 Å². The van der Waals surface area contributed by atoms with Gasteiger partial charge in [0.05, 0.1) is 19.8 Å². The van der Waals surface area contributed by atoms with Crippen LogP contribution in [0.25, 0.3) is 11.1 Å². The predicted molar refractivity (Wildman–Crippen MR) is 71.9 cm³/mol. The third kappa shape index (κ3) is 2.71. The Morgan fingerprint density at radius 1 is 1.05 bits per heavy atom. The van der Waals surface area contributed by atoms with Gasteiger partial charge >= 0.3 is 5.97 Å². The fourth-order valence-electron chi connectivity index (χ4n) is 1.90. The molecule has 0 aliphatic carbocycles. The summed E-state index contributed by atoms with van der Waals surface area (Å²) in [4.78, 5) is 11.2. The zero-order valence-electron chi connectivity index (χ0n) is 11.0. The lowest BCUT2D eigenvalue weighted by Crippen LogP contribution is -2.00. The van der Waals surface area contributed by atoms with E-state index in [0.717, 1.165) is 6.07 Å². The summed E-state index contributed by atoms with van der Waals surface area (Å²) in [5, 5.41) is 9.19. The first kappa shape index (κ1) is 13.9. The fourth-order valence-corrected chi connectivity index (χ4v) is 1.90. The molecular weight excluding hydrogens is 263 g/mol. The number of carboxylic acids is 1. The second kappa shape index (κ2) is 5.61. The number of hydrogen-bond acceptors (Lipinski definition) is 3. The minimum atomic E-state index is -1.12. The number of methoxy groups -OCH3 is 2. The number of aromatic carboxylic acids is 1. The largest absolute Gasteiger partial charge is 0.497 e. The van der Waals surface area contributed by atoms with Crippen molar-refractivity contribution in [1.29, 1.82) is 0 Å². The van der Waals surface area contributed by atoms with Gasteiger partial charge in [-0.05, 0) is 41.5 Å². The van der Waals surface area contributed by atoms with Gasteiger partial charge in [0.25, 0.3) is 0 Å². The van der Waals surface area contributed by atoms with E-state index in [1.807, 2.05) is 0 Å². The Bertz CT molecular complexity index is 630. The summed E-state index contributed by atoms with van der Waals surface area (Å²) in [6.07, 6.45) is 0. The quantitative estimate of drug-likeness (QED) is 0.931. The van der Waals surface area contributed by atoms with Gasteiger partial charge in [-0.25, -0.2) is 9.18 Å². The van der Waals surface area contributed by atoms with E-state index in [1.54, 1.807) is 18.2 Å². The number of rotatable bonds is 4. The summed E-state index contributed by atoms with van der Waals surface area (Å²) >= 11 is 0. The van der Waals surface area contributed by atoms with Crippen molar-refractivity contribution in [3.05, 3.63) is 47.8 Å². The minimum absolute atomic E-state index is 0.0155. The van der Waals surface area contributed by atoms with Gasteiger partial charge in [-0.15, -0.1) is 0 Å². The van der Waals surface area contributed by atoms with Crippen LogP contribution in [-0.2, 0) is 0 Å². The molecule has 20 heavy (non-hydrogen) atoms. The molecule has 0 spiro atoms. The first-order valence-corrected chi connectivity index (χ1v) is 5.81. The molecule has 5 heteroatoms. The van der Waals surface area contributed by atoms with Crippen LogP contribution < -0.4 is 9.47 Å². The summed E-state index contributed by atoms with van der Waals surface area (Å²) in [6, 6.07) is 8.44. The molecular formula is C15H13FO4. The van der Waals surface area contributed by atoms with Crippen LogP contribution >= 0.6 is 0 Å². The molecule has 0 aromatic heterocycles. The summed E-state index contributed by atoms with van der Waals surface area (Å²) < 4.78 is 23.7. The van der Waals surface area contributed by atoms with Crippen LogP contribution in [-0.4, -0.2) is 25.3 Å². The molecule has 2 aromatic rings. The van der Waals surface area contributed by atoms with E-state index >= 15 is 0 Å². The van der Waals surface area contributed by atoms with Gasteiger partial charge in [0.2, 0.25) is 0 Å². The van der Waals surface area contributed by atoms with E-state index < -0.39 is 11.8 Å². The van der Waals surface area contributed by atoms with Crippen molar-refractivity contribution in [3.8, 4) is 22.6 Å². The van der Waals surface area contributed by atoms with Crippen LogP contribution in [0.3, 0.4) is 0 Å². The molecule has 0 amide bonds. The Kier molecular flexibility index (Phi) is 3.89. The van der Waals surface area contributed by atoms with Crippen molar-refractivity contribution < 1.29 is 23.8 Å². The second-order valence-corrected chi connectivity index (χ2v) is 4.10. The highest BCUT2D eigenvalue weighted by molar-refractivity contribution is 5.96. The molecule has 2 aromatic carbocycles. The molecule has 2 rings (SSSR count). The zero-order chi connectivity index (χ0) is 14.7. The maximum atomic E-state index is 13.4. The number of carboxylic acid groups (broad SMARTS) is 1. The lowest BCUT2D eigenvalue weighted by molar-refractivity contribution is 0.0697. The Morgan fingerprint density at radius 2 is 1.65 bits per heavy atom. The lowest BCUT2D eigenvalue weighted by Gasteiger charge is -2.11. The SMILES string of the molecule is COc1cc(OC)cc(-c2cc(F)ccc2C(=O)O)c1. The first-order chi connectivity index (χ1) is 9.55. The lowest BCUT2D eigenvalue weighted by atomic mass is 9.99. The standard InChI is InChI=1S/C15H13FO4/c1-19-11-5-9(6-12(8-11)20-2)14-7-10(16)3-4-13(14)15(17)18/h3-8H,1-2H3,(H,17,18). The average Bonchev–Trinajstić information content (AvgIpc) is 2.46. The second-order valence-electron chi connectivity index (χ2n) is 4.10. The van der Waals surface area contributed by atoms with Crippen LogP contribution in [0.1, 0.15) is 10.4 Å². The van der Waals surface area contributed by atoms with Crippen molar-refractivity contribution in [3.63, 3.8) is 0 Å². The van der Waals surface area contributed by atoms with Crippen LogP contribution in [0.15, 0.2) is 36.4 Å². The maximum Gasteiger partial charge on any atom is 0.336 e. The van der Waals surface area contributed by atoms with Crippen molar-refractivity contribution in [1.82, 2.24) is 0 Å². The van der Waals surface area contributed by atoms with Crippen LogP contribution in [0.2, 0.25) is 0 Å². The molecule has 0 unspecified atom stereocenters. The van der Waals surface area contributed by atoms with Gasteiger partial charge in [-0.2, -0.15) is 0 Å². The topological polar surface area (TPSA) is 55.8 Å². The molecule has 4 nitrogen and oxygen atoms in total. The highest BCUT2D eigenvalue weighted by Gasteiger charge is 2.14. The van der Waals surface area contributed by atoms with Crippen LogP contribution in [0.5, 0.6) is 11.5 Å². The van der Waals surface area contributed by atoms with Gasteiger partial charge in [0.1, 0.15) is 17.3 Å². The molecule has 0 bridgehead atoms. The van der Waals surface area contributed by atoms with Gasteiger partial charge < -0.3 is 14.6 Å². The number of benzene rings is 2. The molecule has 104 valence electrons. The van der Waals surface area contributed by atoms with Crippen LogP contribution in [0.4, 0.5) is 4.39 Å². The normalized spacial score (nSPS) is 10.2. The van der Waals surface area contributed by atoms with E-state index in [-0.39, 0.29) is 11.1 Å². The van der Waals surface area contributed by atoms with Crippen LogP contribution in [0, 0.1) is 5.82 Å². The Balaban J connectivity index is 2.66. The molecule has 0 saturated carbocycles. The van der Waals surface area contributed by atoms with E-state index in [4.69, 9.17) is 9.47 Å². The van der Waals surface area contributed by atoms with Crippen molar-refractivity contribution in [2.24, 2.45) is 0 Å². The fraction of sp³-hybridized carbons (Fsp3) is 0.133. The Labute approximate surface area is 115 Å². The predicted octanol–water partition coefficient (Wildman–Crippen LogP) is 3.21. The van der Waals surface area contributed by atoms with Crippen molar-refractivity contribution >= 4 is 5.97 Å². The molecule has 0 atom stereocenters. The van der Waals surface area contributed by atoms with Gasteiger partial charge in [0, 0.05) is 6.07 Å². The number of ether oxygens (including phenoxy) is 2. The van der Waals surface area contributed by atoms with Crippen molar-refractivity contribution in [2.75, 3.05) is 14.2 Å². The molecule has 0 aliphatic rings. The molecule has 0 heterocycles. The number of halogens is 1. The van der Waals surface area contributed by atoms with E-state index in [1.165, 1.54) is 26.4 Å². The molecule has 1 N–H and O–H groups in total. The molecule has 0 aliphatic heterocycles. The molecule has 0 saturated heterocycles. The summed E-state index contributed by atoms with van der Waals surface area (Å²) in [5.74, 6) is -0.631. The number of carbonyl (C=O) groups is 1. The third-order valence-electron chi connectivity index (χ3n) is 2.87. The monoisotopic (exact) mass is 276 g/mol. The van der Waals surface area contributed by atoms with E-state index in [0.29, 0.717) is 17.1 Å². The van der Waals surface area contributed by atoms with Gasteiger partial charge in [0.15, 0.2) is 0 Å². The summed E-state index contributed by atoms with van der Waals surface area (Å²) in [5.41, 5.74) is 0.800. The first-order valence-electron chi connectivity index (χ1n) is 5.81. The minimum Gasteiger partial charge on any atom is -0.497 e. The highest BCUT2D eigenvalue weighted by Crippen LogP contribution is 2.32. The average molecular weight is 276 g/mol. The van der Waals surface area contributed by atoms with Gasteiger partial charge in [-0.1, -0.05) is 0 Å². The molecule has 0 radical (unpaired) electrons. The highest BCUT2D eigenvalue weighted by atomic mass is 19.1. The van der Waals surface area contributed by atoms with Crippen molar-refractivity contribution in [2.45, 2.75) is 0 Å². The van der Waals surface area contributed by atoms with Gasteiger partial charge in [-0.3, -0.25) is 0 Å². The Morgan fingerprint density at radius 3 is 2.15 bits per heavy atom. The maximum absolute atomic E-state index is 13.4. The summed E-state index contributed by atoms with van der Waals surface area (Å²) in [6.45, 7) is 0. The molecule has 0 fully saturated rings. The zero-order valence-corrected chi connectivity index (χ0v) is 11.0. The van der Waals surface area contributed by atoms with E-state index in [2.05, 4.69) is 0 Å². The smallest absolute Gasteiger partial charge is 0.336 e. The Hall–Kier alpha value is -2.56. The third-order valence-corrected chi connectivity index (χ3v) is 2.87.